The molecule has 1 N–H and O–H groups in total. The van der Waals surface area contributed by atoms with Crippen LogP contribution in [0.25, 0.3) is 32.8 Å². The molecule has 0 aliphatic carbocycles. The molecule has 0 amide bonds. The van der Waals surface area contributed by atoms with Gasteiger partial charge in [0.1, 0.15) is 28.7 Å². The maximum absolute atomic E-state index is 16.3. The second-order valence-electron chi connectivity index (χ2n) is 14.2. The largest absolute Gasteiger partial charge is 0.493 e. The van der Waals surface area contributed by atoms with Crippen LogP contribution in [0.3, 0.4) is 0 Å². The third-order valence-electron chi connectivity index (χ3n) is 9.62. The molecule has 4 heterocycles. The van der Waals surface area contributed by atoms with Gasteiger partial charge in [0, 0.05) is 73.4 Å². The lowest BCUT2D eigenvalue weighted by molar-refractivity contribution is 0.00561. The first-order valence-electron chi connectivity index (χ1n) is 17.5. The molecular weight excluding hydrogens is 624 g/mol. The zero-order chi connectivity index (χ0) is 34.3. The minimum Gasteiger partial charge on any atom is -0.493 e. The number of benzene rings is 3. The molecule has 0 saturated carbocycles. The van der Waals surface area contributed by atoms with Crippen LogP contribution in [0.5, 0.6) is 5.75 Å². The standard InChI is InChI=1S/C39H45F2N5O3/c1-25-34(32-10-6-18-46(32)43-25)35-31(41)15-14-30-29(9-7-23-48-33-11-5-8-26-24-27(40)12-13-28(26)33)37(38(47)49-39(2,3)4)45(36(30)35)22-21-44-19-16-42-17-20-44/h5,8,11-15,24,42H,6-7,9-10,16-23H2,1-4H3. The van der Waals surface area contributed by atoms with E-state index in [1.807, 2.05) is 61.2 Å². The molecule has 2 aliphatic rings. The van der Waals surface area contributed by atoms with E-state index in [1.165, 1.54) is 18.2 Å². The van der Waals surface area contributed by atoms with E-state index in [0.29, 0.717) is 55.1 Å². The second kappa shape index (κ2) is 13.6. The summed E-state index contributed by atoms with van der Waals surface area (Å²) in [5.74, 6) is -0.352. The number of carbonyl (C=O) groups is 1. The minimum atomic E-state index is -0.719. The van der Waals surface area contributed by atoms with Gasteiger partial charge in [-0.1, -0.05) is 12.1 Å². The summed E-state index contributed by atoms with van der Waals surface area (Å²) in [6.45, 7) is 13.6. The van der Waals surface area contributed by atoms with Gasteiger partial charge >= 0.3 is 5.97 Å². The Balaban J connectivity index is 1.32. The maximum atomic E-state index is 16.3. The van der Waals surface area contributed by atoms with Crippen molar-refractivity contribution in [3.05, 3.63) is 82.8 Å². The van der Waals surface area contributed by atoms with Crippen molar-refractivity contribution in [3.63, 3.8) is 0 Å². The number of aryl methyl sites for hydroxylation is 3. The lowest BCUT2D eigenvalue weighted by atomic mass is 9.97. The average Bonchev–Trinajstić information content (AvgIpc) is 3.73. The molecule has 1 saturated heterocycles. The van der Waals surface area contributed by atoms with Crippen molar-refractivity contribution in [2.45, 2.75) is 72.1 Å². The maximum Gasteiger partial charge on any atom is 0.355 e. The van der Waals surface area contributed by atoms with Gasteiger partial charge in [0.2, 0.25) is 0 Å². The smallest absolute Gasteiger partial charge is 0.355 e. The second-order valence-corrected chi connectivity index (χ2v) is 14.2. The molecule has 5 aromatic rings. The highest BCUT2D eigenvalue weighted by molar-refractivity contribution is 6.05. The Morgan fingerprint density at radius 1 is 0.980 bits per heavy atom. The molecule has 3 aromatic carbocycles. The Bertz CT molecular complexity index is 2020. The van der Waals surface area contributed by atoms with Crippen LogP contribution in [0.2, 0.25) is 0 Å². The highest BCUT2D eigenvalue weighted by Crippen LogP contribution is 2.41. The molecule has 0 spiro atoms. The molecular formula is C39H45F2N5O3. The summed E-state index contributed by atoms with van der Waals surface area (Å²) in [6, 6.07) is 13.6. The third-order valence-corrected chi connectivity index (χ3v) is 9.62. The molecule has 10 heteroatoms. The number of ether oxygens (including phenoxy) is 2. The lowest BCUT2D eigenvalue weighted by Crippen LogP contribution is -2.44. The van der Waals surface area contributed by atoms with Crippen molar-refractivity contribution < 1.29 is 23.0 Å². The van der Waals surface area contributed by atoms with Crippen LogP contribution in [0.1, 0.15) is 61.1 Å². The monoisotopic (exact) mass is 669 g/mol. The fourth-order valence-corrected chi connectivity index (χ4v) is 7.51. The molecule has 0 radical (unpaired) electrons. The molecule has 0 atom stereocenters. The van der Waals surface area contributed by atoms with Crippen LogP contribution in [0.4, 0.5) is 8.78 Å². The van der Waals surface area contributed by atoms with Crippen molar-refractivity contribution >= 4 is 27.6 Å². The molecule has 49 heavy (non-hydrogen) atoms. The normalized spacial score (nSPS) is 15.3. The number of esters is 1. The molecule has 7 rings (SSSR count). The van der Waals surface area contributed by atoms with Gasteiger partial charge in [0.05, 0.1) is 17.8 Å². The highest BCUT2D eigenvalue weighted by Gasteiger charge is 2.32. The van der Waals surface area contributed by atoms with E-state index in [0.717, 1.165) is 84.2 Å². The Morgan fingerprint density at radius 2 is 1.78 bits per heavy atom. The van der Waals surface area contributed by atoms with Crippen molar-refractivity contribution in [2.24, 2.45) is 0 Å². The predicted octanol–water partition coefficient (Wildman–Crippen LogP) is 7.06. The quantitative estimate of drug-likeness (QED) is 0.127. The van der Waals surface area contributed by atoms with Gasteiger partial charge in [-0.2, -0.15) is 5.10 Å². The number of rotatable bonds is 10. The predicted molar refractivity (Wildman–Crippen MR) is 188 cm³/mol. The van der Waals surface area contributed by atoms with E-state index < -0.39 is 11.6 Å². The van der Waals surface area contributed by atoms with Crippen LogP contribution in [-0.2, 0) is 30.7 Å². The van der Waals surface area contributed by atoms with Crippen molar-refractivity contribution in [2.75, 3.05) is 39.3 Å². The minimum absolute atomic E-state index is 0.292. The number of carbonyl (C=O) groups excluding carboxylic acids is 1. The summed E-state index contributed by atoms with van der Waals surface area (Å²) in [6.07, 6.45) is 2.91. The summed E-state index contributed by atoms with van der Waals surface area (Å²) in [5.41, 5.74) is 4.47. The zero-order valence-corrected chi connectivity index (χ0v) is 28.9. The lowest BCUT2D eigenvalue weighted by Gasteiger charge is -2.28. The first-order valence-corrected chi connectivity index (χ1v) is 17.5. The Labute approximate surface area is 286 Å². The Morgan fingerprint density at radius 3 is 2.57 bits per heavy atom. The first kappa shape index (κ1) is 33.2. The van der Waals surface area contributed by atoms with Crippen LogP contribution in [0.15, 0.2) is 48.5 Å². The van der Waals surface area contributed by atoms with Crippen molar-refractivity contribution in [1.29, 1.82) is 0 Å². The summed E-state index contributed by atoms with van der Waals surface area (Å²) < 4.78 is 46.6. The van der Waals surface area contributed by atoms with Gasteiger partial charge in [-0.05, 0) is 101 Å². The van der Waals surface area contributed by atoms with Gasteiger partial charge in [-0.3, -0.25) is 9.58 Å². The van der Waals surface area contributed by atoms with Crippen molar-refractivity contribution in [3.8, 4) is 16.9 Å². The number of nitrogens with one attached hydrogen (secondary N) is 1. The molecule has 2 aliphatic heterocycles. The number of piperazine rings is 1. The summed E-state index contributed by atoms with van der Waals surface area (Å²) >= 11 is 0. The molecule has 8 nitrogen and oxygen atoms in total. The fourth-order valence-electron chi connectivity index (χ4n) is 7.51. The van der Waals surface area contributed by atoms with Crippen LogP contribution in [0, 0.1) is 18.6 Å². The molecule has 258 valence electrons. The van der Waals surface area contributed by atoms with Gasteiger partial charge in [0.25, 0.3) is 0 Å². The fraction of sp³-hybridized carbons (Fsp3) is 0.436. The van der Waals surface area contributed by atoms with Crippen molar-refractivity contribution in [1.82, 2.24) is 24.6 Å². The topological polar surface area (TPSA) is 73.6 Å². The summed E-state index contributed by atoms with van der Waals surface area (Å²) in [4.78, 5) is 16.6. The molecule has 2 aromatic heterocycles. The number of hydrogen-bond acceptors (Lipinski definition) is 6. The average molecular weight is 670 g/mol. The van der Waals surface area contributed by atoms with E-state index >= 15 is 4.39 Å². The van der Waals surface area contributed by atoms with Crippen LogP contribution >= 0.6 is 0 Å². The third kappa shape index (κ3) is 6.68. The number of fused-ring (bicyclic) bond motifs is 3. The van der Waals surface area contributed by atoms with E-state index in [9.17, 15) is 9.18 Å². The van der Waals surface area contributed by atoms with Gasteiger partial charge in [-0.25, -0.2) is 13.6 Å². The highest BCUT2D eigenvalue weighted by atomic mass is 19.1. The van der Waals surface area contributed by atoms with Gasteiger partial charge in [0.15, 0.2) is 0 Å². The number of aromatic nitrogens is 3. The van der Waals surface area contributed by atoms with Gasteiger partial charge in [-0.15, -0.1) is 0 Å². The SMILES string of the molecule is Cc1nn2c(c1-c1c(F)ccc3c(CCCOc4cccc5cc(F)ccc45)c(C(=O)OC(C)(C)C)n(CCN4CCNCC4)c13)CCC2. The molecule has 0 unspecified atom stereocenters. The zero-order valence-electron chi connectivity index (χ0n) is 28.9. The first-order chi connectivity index (χ1) is 23.6. The Kier molecular flexibility index (Phi) is 9.19. The number of nitrogens with zero attached hydrogens (tertiary/aromatic N) is 4. The number of hydrogen-bond donors (Lipinski definition) is 1. The van der Waals surface area contributed by atoms with Gasteiger partial charge < -0.3 is 19.4 Å². The molecule has 1 fully saturated rings. The summed E-state index contributed by atoms with van der Waals surface area (Å²) in [7, 11) is 0. The summed E-state index contributed by atoms with van der Waals surface area (Å²) in [5, 5.41) is 10.7. The Hall–Kier alpha value is -4.28. The van der Waals surface area contributed by atoms with E-state index in [4.69, 9.17) is 14.6 Å². The van der Waals surface area contributed by atoms with Crippen LogP contribution < -0.4 is 10.1 Å². The van der Waals surface area contributed by atoms with E-state index in [1.54, 1.807) is 6.07 Å². The number of halogens is 2. The van der Waals surface area contributed by atoms with E-state index in [2.05, 4.69) is 10.2 Å². The molecule has 0 bridgehead atoms. The van der Waals surface area contributed by atoms with E-state index in [-0.39, 0.29) is 11.6 Å². The van der Waals surface area contributed by atoms with Crippen LogP contribution in [-0.4, -0.2) is 70.1 Å².